The van der Waals surface area contributed by atoms with Crippen LogP contribution in [0.4, 0.5) is 0 Å². The Bertz CT molecular complexity index is 619. The van der Waals surface area contributed by atoms with E-state index in [1.165, 1.54) is 17.8 Å². The van der Waals surface area contributed by atoms with Crippen molar-refractivity contribution >= 4 is 11.8 Å². The van der Waals surface area contributed by atoms with Crippen LogP contribution in [0.5, 0.6) is 0 Å². The maximum absolute atomic E-state index is 11.5. The predicted molar refractivity (Wildman–Crippen MR) is 78.7 cm³/mol. The minimum absolute atomic E-state index is 0.108. The molecule has 7 heteroatoms. The summed E-state index contributed by atoms with van der Waals surface area (Å²) in [5.41, 5.74) is 0.697. The van der Waals surface area contributed by atoms with E-state index in [-0.39, 0.29) is 5.56 Å². The first kappa shape index (κ1) is 14.8. The van der Waals surface area contributed by atoms with Gasteiger partial charge in [0.15, 0.2) is 5.16 Å². The van der Waals surface area contributed by atoms with Gasteiger partial charge in [-0.2, -0.15) is 5.10 Å². The number of H-pyrrole nitrogens is 1. The third-order valence-corrected chi connectivity index (χ3v) is 3.58. The number of nitrogens with zero attached hydrogens (tertiary/aromatic N) is 4. The van der Waals surface area contributed by atoms with Crippen molar-refractivity contribution in [2.45, 2.75) is 44.6 Å². The first-order valence-corrected chi connectivity index (χ1v) is 7.66. The molecule has 6 nitrogen and oxygen atoms in total. The van der Waals surface area contributed by atoms with Crippen molar-refractivity contribution in [3.05, 3.63) is 34.3 Å². The summed E-state index contributed by atoms with van der Waals surface area (Å²) in [7, 11) is 0. The molecule has 0 unspecified atom stereocenters. The number of aromatic nitrogens is 5. The average Bonchev–Trinajstić information content (AvgIpc) is 2.82. The lowest BCUT2D eigenvalue weighted by molar-refractivity contribution is 0.471. The number of hydrogen-bond donors (Lipinski definition) is 1. The summed E-state index contributed by atoms with van der Waals surface area (Å²) in [4.78, 5) is 22.9. The number of hydrogen-bond acceptors (Lipinski definition) is 5. The van der Waals surface area contributed by atoms with Gasteiger partial charge in [-0.05, 0) is 12.3 Å². The molecule has 0 aromatic carbocycles. The van der Waals surface area contributed by atoms with Crippen LogP contribution in [0.1, 0.15) is 32.3 Å². The highest BCUT2D eigenvalue weighted by molar-refractivity contribution is 7.98. The quantitative estimate of drug-likeness (QED) is 0.650. The summed E-state index contributed by atoms with van der Waals surface area (Å²) in [5, 5.41) is 4.85. The van der Waals surface area contributed by atoms with Gasteiger partial charge in [0.05, 0.1) is 5.75 Å². The van der Waals surface area contributed by atoms with Crippen LogP contribution in [-0.2, 0) is 18.7 Å². The third-order valence-electron chi connectivity index (χ3n) is 2.71. The Morgan fingerprint density at radius 1 is 1.45 bits per heavy atom. The molecule has 0 amide bonds. The summed E-state index contributed by atoms with van der Waals surface area (Å²) >= 11 is 1.47. The Kier molecular flexibility index (Phi) is 4.94. The second-order valence-corrected chi connectivity index (χ2v) is 5.90. The second-order valence-electron chi connectivity index (χ2n) is 4.94. The number of rotatable bonds is 6. The van der Waals surface area contributed by atoms with Gasteiger partial charge in [0, 0.05) is 18.3 Å². The Labute approximate surface area is 122 Å². The number of thioether (sulfide) groups is 1. The van der Waals surface area contributed by atoms with Crippen LogP contribution in [-0.4, -0.2) is 24.7 Å². The molecule has 0 aliphatic rings. The van der Waals surface area contributed by atoms with Gasteiger partial charge >= 0.3 is 0 Å². The Morgan fingerprint density at radius 2 is 2.25 bits per heavy atom. The molecule has 2 aromatic rings. The fourth-order valence-electron chi connectivity index (χ4n) is 1.76. The number of aromatic amines is 1. The van der Waals surface area contributed by atoms with Gasteiger partial charge in [0.1, 0.15) is 12.2 Å². The lowest BCUT2D eigenvalue weighted by Gasteiger charge is -2.08. The third kappa shape index (κ3) is 3.93. The molecule has 0 fully saturated rings. The molecule has 0 radical (unpaired) electrons. The van der Waals surface area contributed by atoms with Crippen molar-refractivity contribution in [3.63, 3.8) is 0 Å². The molecule has 2 rings (SSSR count). The first-order chi connectivity index (χ1) is 9.58. The van der Waals surface area contributed by atoms with Crippen molar-refractivity contribution in [1.29, 1.82) is 0 Å². The molecule has 1 N–H and O–H groups in total. The van der Waals surface area contributed by atoms with Gasteiger partial charge in [-0.3, -0.25) is 4.79 Å². The molecule has 0 aliphatic heterocycles. The number of aryl methyl sites for hydroxylation is 1. The van der Waals surface area contributed by atoms with Crippen LogP contribution in [0.2, 0.25) is 0 Å². The molecule has 0 atom stereocenters. The van der Waals surface area contributed by atoms with Crippen LogP contribution < -0.4 is 5.56 Å². The molecular weight excluding hydrogens is 274 g/mol. The first-order valence-electron chi connectivity index (χ1n) is 6.68. The summed E-state index contributed by atoms with van der Waals surface area (Å²) < 4.78 is 1.90. The molecule has 0 spiro atoms. The molecular formula is C13H19N5OS. The normalized spacial score (nSPS) is 11.2. The van der Waals surface area contributed by atoms with Crippen LogP contribution in [0.15, 0.2) is 22.3 Å². The van der Waals surface area contributed by atoms with E-state index in [9.17, 15) is 4.79 Å². The van der Waals surface area contributed by atoms with Gasteiger partial charge in [-0.15, -0.1) is 0 Å². The Morgan fingerprint density at radius 3 is 2.95 bits per heavy atom. The fourth-order valence-corrected chi connectivity index (χ4v) is 2.61. The van der Waals surface area contributed by atoms with Gasteiger partial charge in [-0.1, -0.05) is 32.5 Å². The van der Waals surface area contributed by atoms with Crippen molar-refractivity contribution in [2.24, 2.45) is 5.92 Å². The highest BCUT2D eigenvalue weighted by Gasteiger charge is 2.08. The highest BCUT2D eigenvalue weighted by atomic mass is 32.2. The standard InChI is InChI=1S/C13H19N5OS/c1-4-10-5-12(19)17-13(16-10)20-7-11-14-8-15-18(11)6-9(2)3/h5,8-9H,4,6-7H2,1-3H3,(H,16,17,19). The van der Waals surface area contributed by atoms with Gasteiger partial charge in [0.2, 0.25) is 0 Å². The zero-order valence-corrected chi connectivity index (χ0v) is 12.8. The van der Waals surface area contributed by atoms with E-state index < -0.39 is 0 Å². The van der Waals surface area contributed by atoms with Crippen LogP contribution in [0, 0.1) is 5.92 Å². The van der Waals surface area contributed by atoms with E-state index >= 15 is 0 Å². The Hall–Kier alpha value is -1.63. The van der Waals surface area contributed by atoms with E-state index in [0.29, 0.717) is 16.8 Å². The maximum atomic E-state index is 11.5. The molecule has 0 bridgehead atoms. The molecule has 0 saturated heterocycles. The van der Waals surface area contributed by atoms with Gasteiger partial charge < -0.3 is 4.98 Å². The minimum atomic E-state index is -0.108. The number of nitrogens with one attached hydrogen (secondary N) is 1. The summed E-state index contributed by atoms with van der Waals surface area (Å²) in [5.74, 6) is 2.05. The molecule has 0 aliphatic carbocycles. The second kappa shape index (κ2) is 6.69. The summed E-state index contributed by atoms with van der Waals surface area (Å²) in [6, 6.07) is 1.53. The largest absolute Gasteiger partial charge is 0.301 e. The minimum Gasteiger partial charge on any atom is -0.301 e. The molecule has 20 heavy (non-hydrogen) atoms. The lowest BCUT2D eigenvalue weighted by Crippen LogP contribution is -2.11. The van der Waals surface area contributed by atoms with E-state index in [2.05, 4.69) is 33.9 Å². The molecule has 2 heterocycles. The van der Waals surface area contributed by atoms with Crippen molar-refractivity contribution in [1.82, 2.24) is 24.7 Å². The van der Waals surface area contributed by atoms with Crippen molar-refractivity contribution < 1.29 is 0 Å². The van der Waals surface area contributed by atoms with Crippen LogP contribution >= 0.6 is 11.8 Å². The van der Waals surface area contributed by atoms with E-state index in [4.69, 9.17) is 0 Å². The Balaban J connectivity index is 2.07. The monoisotopic (exact) mass is 293 g/mol. The maximum Gasteiger partial charge on any atom is 0.251 e. The van der Waals surface area contributed by atoms with Crippen LogP contribution in [0.25, 0.3) is 0 Å². The molecule has 108 valence electrons. The van der Waals surface area contributed by atoms with Gasteiger partial charge in [0.25, 0.3) is 5.56 Å². The zero-order chi connectivity index (χ0) is 14.5. The average molecular weight is 293 g/mol. The SMILES string of the molecule is CCc1cc(=O)[nH]c(SCc2ncnn2CC(C)C)n1. The van der Waals surface area contributed by atoms with E-state index in [1.807, 2.05) is 11.6 Å². The molecule has 2 aromatic heterocycles. The van der Waals surface area contributed by atoms with Gasteiger partial charge in [-0.25, -0.2) is 14.6 Å². The van der Waals surface area contributed by atoms with E-state index in [1.54, 1.807) is 6.33 Å². The smallest absolute Gasteiger partial charge is 0.251 e. The lowest BCUT2D eigenvalue weighted by atomic mass is 10.2. The molecule has 0 saturated carbocycles. The van der Waals surface area contributed by atoms with Crippen LogP contribution in [0.3, 0.4) is 0 Å². The predicted octanol–water partition coefficient (Wildman–Crippen LogP) is 1.87. The summed E-state index contributed by atoms with van der Waals surface area (Å²) in [6.45, 7) is 7.11. The summed E-state index contributed by atoms with van der Waals surface area (Å²) in [6.07, 6.45) is 2.32. The van der Waals surface area contributed by atoms with Crippen molar-refractivity contribution in [3.8, 4) is 0 Å². The fraction of sp³-hybridized carbons (Fsp3) is 0.538. The zero-order valence-electron chi connectivity index (χ0n) is 12.0. The van der Waals surface area contributed by atoms with Crippen molar-refractivity contribution in [2.75, 3.05) is 0 Å². The van der Waals surface area contributed by atoms with E-state index in [0.717, 1.165) is 24.5 Å². The highest BCUT2D eigenvalue weighted by Crippen LogP contribution is 2.17. The topological polar surface area (TPSA) is 76.5 Å².